The number of hydrogen-bond acceptors (Lipinski definition) is 3. The van der Waals surface area contributed by atoms with Crippen LogP contribution in [0.4, 0.5) is 0 Å². The number of ether oxygens (including phenoxy) is 1. The maximum atomic E-state index is 12.2. The predicted octanol–water partition coefficient (Wildman–Crippen LogP) is 3.07. The predicted molar refractivity (Wildman–Crippen MR) is 78.6 cm³/mol. The molecule has 20 heavy (non-hydrogen) atoms. The van der Waals surface area contributed by atoms with Crippen LogP contribution in [0.5, 0.6) is 11.5 Å². The first-order valence-electron chi connectivity index (χ1n) is 6.93. The fraction of sp³-hybridized carbons (Fsp3) is 0.533. The molecule has 5 heteroatoms. The van der Waals surface area contributed by atoms with Crippen LogP contribution in [-0.2, 0) is 0 Å². The molecule has 2 rings (SSSR count). The third kappa shape index (κ3) is 3.57. The summed E-state index contributed by atoms with van der Waals surface area (Å²) in [5, 5.41) is 12.8. The van der Waals surface area contributed by atoms with E-state index in [1.807, 2.05) is 0 Å². The molecule has 0 saturated heterocycles. The molecule has 2 atom stereocenters. The highest BCUT2D eigenvalue weighted by molar-refractivity contribution is 6.21. The monoisotopic (exact) mass is 297 g/mol. The molecule has 0 heterocycles. The molecule has 0 aliphatic heterocycles. The number of nitrogens with one attached hydrogen (secondary N) is 1. The minimum Gasteiger partial charge on any atom is -0.507 e. The van der Waals surface area contributed by atoms with Crippen molar-refractivity contribution >= 4 is 17.5 Å². The summed E-state index contributed by atoms with van der Waals surface area (Å²) in [5.74, 6) is 0.146. The van der Waals surface area contributed by atoms with Crippen LogP contribution in [0.2, 0.25) is 0 Å². The number of halogens is 1. The van der Waals surface area contributed by atoms with Gasteiger partial charge in [0.15, 0.2) is 0 Å². The lowest BCUT2D eigenvalue weighted by atomic mass is 10.1. The lowest BCUT2D eigenvalue weighted by Crippen LogP contribution is -2.40. The van der Waals surface area contributed by atoms with E-state index in [1.54, 1.807) is 12.1 Å². The first kappa shape index (κ1) is 15.0. The first-order chi connectivity index (χ1) is 9.61. The van der Waals surface area contributed by atoms with Crippen LogP contribution < -0.4 is 10.1 Å². The number of carbonyl (C=O) groups is 1. The second kappa shape index (κ2) is 6.84. The second-order valence-electron chi connectivity index (χ2n) is 5.12. The summed E-state index contributed by atoms with van der Waals surface area (Å²) < 4.78 is 5.00. The Morgan fingerprint density at radius 3 is 2.80 bits per heavy atom. The van der Waals surface area contributed by atoms with Crippen molar-refractivity contribution < 1.29 is 14.6 Å². The molecule has 1 aliphatic carbocycles. The van der Waals surface area contributed by atoms with Gasteiger partial charge in [0.05, 0.1) is 18.1 Å². The molecule has 2 N–H and O–H groups in total. The number of rotatable bonds is 3. The number of phenolic OH excluding ortho intramolecular Hbond substituents is 1. The molecule has 1 aliphatic rings. The molecule has 1 amide bonds. The highest BCUT2D eigenvalue weighted by Crippen LogP contribution is 2.25. The van der Waals surface area contributed by atoms with Gasteiger partial charge in [-0.1, -0.05) is 19.3 Å². The van der Waals surface area contributed by atoms with E-state index < -0.39 is 0 Å². The Morgan fingerprint density at radius 1 is 1.35 bits per heavy atom. The molecule has 1 saturated carbocycles. The fourth-order valence-corrected chi connectivity index (χ4v) is 2.84. The normalized spacial score (nSPS) is 22.9. The summed E-state index contributed by atoms with van der Waals surface area (Å²) in [6.45, 7) is 0. The average Bonchev–Trinajstić information content (AvgIpc) is 2.64. The summed E-state index contributed by atoms with van der Waals surface area (Å²) in [5.41, 5.74) is 0.249. The van der Waals surface area contributed by atoms with Gasteiger partial charge < -0.3 is 15.2 Å². The SMILES string of the molecule is COc1ccc(C(=O)NC2CCCCCC2Cl)c(O)c1. The maximum Gasteiger partial charge on any atom is 0.255 e. The number of hydrogen-bond donors (Lipinski definition) is 2. The van der Waals surface area contributed by atoms with Crippen LogP contribution in [0.15, 0.2) is 18.2 Å². The lowest BCUT2D eigenvalue weighted by molar-refractivity contribution is 0.0931. The Hall–Kier alpha value is -1.42. The Kier molecular flexibility index (Phi) is 5.12. The molecular weight excluding hydrogens is 278 g/mol. The number of benzene rings is 1. The zero-order valence-electron chi connectivity index (χ0n) is 11.6. The molecular formula is C15H20ClNO3. The zero-order chi connectivity index (χ0) is 14.5. The molecule has 4 nitrogen and oxygen atoms in total. The van der Waals surface area contributed by atoms with Crippen molar-refractivity contribution in [2.75, 3.05) is 7.11 Å². The summed E-state index contributed by atoms with van der Waals surface area (Å²) >= 11 is 6.31. The average molecular weight is 298 g/mol. The Labute approximate surface area is 124 Å². The van der Waals surface area contributed by atoms with Gasteiger partial charge in [0.2, 0.25) is 0 Å². The van der Waals surface area contributed by atoms with Crippen molar-refractivity contribution in [1.82, 2.24) is 5.32 Å². The molecule has 0 aromatic heterocycles. The third-order valence-electron chi connectivity index (χ3n) is 3.70. The van der Waals surface area contributed by atoms with Crippen LogP contribution in [0, 0.1) is 0 Å². The Balaban J connectivity index is 2.07. The van der Waals surface area contributed by atoms with Gasteiger partial charge in [-0.15, -0.1) is 11.6 Å². The lowest BCUT2D eigenvalue weighted by Gasteiger charge is -2.21. The van der Waals surface area contributed by atoms with Gasteiger partial charge in [0.1, 0.15) is 11.5 Å². The van der Waals surface area contributed by atoms with Crippen molar-refractivity contribution in [3.63, 3.8) is 0 Å². The molecule has 1 aromatic rings. The number of alkyl halides is 1. The summed E-state index contributed by atoms with van der Waals surface area (Å²) in [4.78, 5) is 12.2. The highest BCUT2D eigenvalue weighted by atomic mass is 35.5. The van der Waals surface area contributed by atoms with Gasteiger partial charge in [0, 0.05) is 12.1 Å². The van der Waals surface area contributed by atoms with Crippen LogP contribution in [0.1, 0.15) is 42.5 Å². The van der Waals surface area contributed by atoms with E-state index in [0.717, 1.165) is 32.1 Å². The van der Waals surface area contributed by atoms with Crippen molar-refractivity contribution in [3.05, 3.63) is 23.8 Å². The smallest absolute Gasteiger partial charge is 0.255 e. The largest absolute Gasteiger partial charge is 0.507 e. The Morgan fingerprint density at radius 2 is 2.10 bits per heavy atom. The number of methoxy groups -OCH3 is 1. The fourth-order valence-electron chi connectivity index (χ4n) is 2.50. The molecule has 2 unspecified atom stereocenters. The highest BCUT2D eigenvalue weighted by Gasteiger charge is 2.24. The number of carbonyl (C=O) groups excluding carboxylic acids is 1. The van der Waals surface area contributed by atoms with Crippen LogP contribution >= 0.6 is 11.6 Å². The van der Waals surface area contributed by atoms with Gasteiger partial charge >= 0.3 is 0 Å². The van der Waals surface area contributed by atoms with Crippen molar-refractivity contribution in [2.45, 2.75) is 43.5 Å². The summed E-state index contributed by atoms with van der Waals surface area (Å²) in [6, 6.07) is 4.61. The zero-order valence-corrected chi connectivity index (χ0v) is 12.3. The first-order valence-corrected chi connectivity index (χ1v) is 7.37. The van der Waals surface area contributed by atoms with Crippen molar-refractivity contribution in [2.24, 2.45) is 0 Å². The minimum absolute atomic E-state index is 0.0341. The quantitative estimate of drug-likeness (QED) is 0.666. The van der Waals surface area contributed by atoms with E-state index in [9.17, 15) is 9.90 Å². The molecule has 1 aromatic carbocycles. The number of aromatic hydroxyl groups is 1. The molecule has 0 spiro atoms. The standard InChI is InChI=1S/C15H20ClNO3/c1-20-10-7-8-11(14(18)9-10)15(19)17-13-6-4-2-3-5-12(13)16/h7-9,12-13,18H,2-6H2,1H3,(H,17,19). The summed E-state index contributed by atoms with van der Waals surface area (Å²) in [7, 11) is 1.51. The number of phenols is 1. The van der Waals surface area contributed by atoms with Gasteiger partial charge in [-0.2, -0.15) is 0 Å². The number of amides is 1. The van der Waals surface area contributed by atoms with E-state index in [2.05, 4.69) is 5.32 Å². The van der Waals surface area contributed by atoms with E-state index in [0.29, 0.717) is 5.75 Å². The van der Waals surface area contributed by atoms with Crippen molar-refractivity contribution in [3.8, 4) is 11.5 Å². The van der Waals surface area contributed by atoms with Crippen molar-refractivity contribution in [1.29, 1.82) is 0 Å². The van der Waals surface area contributed by atoms with Crippen LogP contribution in [0.25, 0.3) is 0 Å². The molecule has 1 fully saturated rings. The Bertz CT molecular complexity index is 478. The maximum absolute atomic E-state index is 12.2. The minimum atomic E-state index is -0.289. The van der Waals surface area contributed by atoms with Crippen LogP contribution in [-0.4, -0.2) is 29.5 Å². The molecule has 0 bridgehead atoms. The summed E-state index contributed by atoms with van der Waals surface area (Å²) in [6.07, 6.45) is 5.14. The van der Waals surface area contributed by atoms with E-state index in [4.69, 9.17) is 16.3 Å². The van der Waals surface area contributed by atoms with Gasteiger partial charge in [-0.3, -0.25) is 4.79 Å². The third-order valence-corrected chi connectivity index (χ3v) is 4.22. The van der Waals surface area contributed by atoms with Gasteiger partial charge in [-0.05, 0) is 25.0 Å². The van der Waals surface area contributed by atoms with Gasteiger partial charge in [-0.25, -0.2) is 0 Å². The van der Waals surface area contributed by atoms with Gasteiger partial charge in [0.25, 0.3) is 5.91 Å². The van der Waals surface area contributed by atoms with E-state index >= 15 is 0 Å². The molecule has 110 valence electrons. The second-order valence-corrected chi connectivity index (χ2v) is 5.68. The van der Waals surface area contributed by atoms with Crippen LogP contribution in [0.3, 0.4) is 0 Å². The topological polar surface area (TPSA) is 58.6 Å². The molecule has 0 radical (unpaired) electrons. The van der Waals surface area contributed by atoms with E-state index in [-0.39, 0.29) is 28.6 Å². The van der Waals surface area contributed by atoms with E-state index in [1.165, 1.54) is 13.2 Å².